The van der Waals surface area contributed by atoms with Crippen molar-refractivity contribution < 1.29 is 5.11 Å². The first-order valence-corrected chi connectivity index (χ1v) is 5.64. The van der Waals surface area contributed by atoms with Crippen molar-refractivity contribution in [2.24, 2.45) is 0 Å². The standard InChI is InChI=1S/C10H15NOS/c1-6(2)9-8(5-12)13-10(11-9)7-3-4-7/h6-7,12H,3-5H2,1-2H3. The third-order valence-electron chi connectivity index (χ3n) is 2.36. The van der Waals surface area contributed by atoms with Gasteiger partial charge in [-0.1, -0.05) is 13.8 Å². The van der Waals surface area contributed by atoms with Crippen molar-refractivity contribution >= 4 is 11.3 Å². The molecule has 1 fully saturated rings. The molecule has 2 nitrogen and oxygen atoms in total. The maximum atomic E-state index is 9.15. The van der Waals surface area contributed by atoms with Crippen LogP contribution in [0.4, 0.5) is 0 Å². The molecule has 2 rings (SSSR count). The molecule has 1 aromatic rings. The Labute approximate surface area is 82.6 Å². The van der Waals surface area contributed by atoms with E-state index in [1.165, 1.54) is 17.8 Å². The van der Waals surface area contributed by atoms with Gasteiger partial charge >= 0.3 is 0 Å². The van der Waals surface area contributed by atoms with Gasteiger partial charge in [0.2, 0.25) is 0 Å². The van der Waals surface area contributed by atoms with Gasteiger partial charge < -0.3 is 5.11 Å². The first kappa shape index (κ1) is 9.16. The Hall–Kier alpha value is -0.410. The highest BCUT2D eigenvalue weighted by Crippen LogP contribution is 2.43. The SMILES string of the molecule is CC(C)c1nc(C2CC2)sc1CO. The van der Waals surface area contributed by atoms with Gasteiger partial charge in [0.25, 0.3) is 0 Å². The zero-order valence-corrected chi connectivity index (χ0v) is 8.90. The molecule has 1 aliphatic rings. The molecule has 0 bridgehead atoms. The van der Waals surface area contributed by atoms with Crippen LogP contribution in [0.15, 0.2) is 0 Å². The number of aliphatic hydroxyl groups excluding tert-OH is 1. The van der Waals surface area contributed by atoms with Crippen molar-refractivity contribution in [3.8, 4) is 0 Å². The van der Waals surface area contributed by atoms with Crippen molar-refractivity contribution in [3.05, 3.63) is 15.6 Å². The summed E-state index contributed by atoms with van der Waals surface area (Å²) in [6, 6.07) is 0. The second-order valence-corrected chi connectivity index (χ2v) is 5.06. The van der Waals surface area contributed by atoms with Crippen LogP contribution in [0.1, 0.15) is 54.1 Å². The van der Waals surface area contributed by atoms with Gasteiger partial charge in [0.1, 0.15) is 0 Å². The van der Waals surface area contributed by atoms with Gasteiger partial charge in [-0.25, -0.2) is 4.98 Å². The molecule has 1 aromatic heterocycles. The Morgan fingerprint density at radius 1 is 1.54 bits per heavy atom. The molecular formula is C10H15NOS. The van der Waals surface area contributed by atoms with Gasteiger partial charge in [-0.05, 0) is 18.8 Å². The molecule has 0 aliphatic heterocycles. The van der Waals surface area contributed by atoms with Crippen LogP contribution in [0.5, 0.6) is 0 Å². The Kier molecular flexibility index (Phi) is 2.39. The lowest BCUT2D eigenvalue weighted by atomic mass is 10.1. The van der Waals surface area contributed by atoms with Gasteiger partial charge in [0.05, 0.1) is 22.2 Å². The summed E-state index contributed by atoms with van der Waals surface area (Å²) in [7, 11) is 0. The zero-order chi connectivity index (χ0) is 9.42. The summed E-state index contributed by atoms with van der Waals surface area (Å²) >= 11 is 1.70. The fraction of sp³-hybridized carbons (Fsp3) is 0.700. The smallest absolute Gasteiger partial charge is 0.0963 e. The molecule has 1 heterocycles. The second kappa shape index (κ2) is 3.39. The van der Waals surface area contributed by atoms with Gasteiger partial charge in [-0.2, -0.15) is 0 Å². The molecule has 0 aromatic carbocycles. The van der Waals surface area contributed by atoms with E-state index < -0.39 is 0 Å². The summed E-state index contributed by atoms with van der Waals surface area (Å²) in [5, 5.41) is 10.4. The first-order chi connectivity index (χ1) is 6.22. The molecule has 1 N–H and O–H groups in total. The lowest BCUT2D eigenvalue weighted by Gasteiger charge is -2.01. The molecular weight excluding hydrogens is 182 g/mol. The Morgan fingerprint density at radius 3 is 2.62 bits per heavy atom. The number of hydrogen-bond acceptors (Lipinski definition) is 3. The Morgan fingerprint density at radius 2 is 2.23 bits per heavy atom. The van der Waals surface area contributed by atoms with Crippen LogP contribution in [0.25, 0.3) is 0 Å². The van der Waals surface area contributed by atoms with Crippen LogP contribution < -0.4 is 0 Å². The first-order valence-electron chi connectivity index (χ1n) is 4.82. The maximum absolute atomic E-state index is 9.15. The van der Waals surface area contributed by atoms with E-state index in [0.717, 1.165) is 10.6 Å². The number of rotatable bonds is 3. The average molecular weight is 197 g/mol. The van der Waals surface area contributed by atoms with E-state index in [-0.39, 0.29) is 6.61 Å². The highest BCUT2D eigenvalue weighted by Gasteiger charge is 2.28. The molecule has 0 spiro atoms. The van der Waals surface area contributed by atoms with Crippen molar-refractivity contribution in [2.75, 3.05) is 0 Å². The van der Waals surface area contributed by atoms with Crippen LogP contribution in [-0.4, -0.2) is 10.1 Å². The van der Waals surface area contributed by atoms with Crippen LogP contribution >= 0.6 is 11.3 Å². The maximum Gasteiger partial charge on any atom is 0.0963 e. The van der Waals surface area contributed by atoms with Gasteiger partial charge in [-0.3, -0.25) is 0 Å². The quantitative estimate of drug-likeness (QED) is 0.808. The topological polar surface area (TPSA) is 33.1 Å². The number of aromatic nitrogens is 1. The molecule has 0 radical (unpaired) electrons. The van der Waals surface area contributed by atoms with E-state index in [1.807, 2.05) is 0 Å². The Bertz CT molecular complexity index is 302. The van der Waals surface area contributed by atoms with E-state index in [1.54, 1.807) is 11.3 Å². The largest absolute Gasteiger partial charge is 0.391 e. The predicted molar refractivity (Wildman–Crippen MR) is 54.1 cm³/mol. The van der Waals surface area contributed by atoms with Crippen LogP contribution in [0.2, 0.25) is 0 Å². The minimum absolute atomic E-state index is 0.151. The summed E-state index contributed by atoms with van der Waals surface area (Å²) in [5.41, 5.74) is 1.11. The fourth-order valence-electron chi connectivity index (χ4n) is 1.45. The summed E-state index contributed by atoms with van der Waals surface area (Å²) in [4.78, 5) is 5.67. The molecule has 0 amide bonds. The molecule has 1 saturated carbocycles. The van der Waals surface area contributed by atoms with E-state index in [2.05, 4.69) is 18.8 Å². The minimum Gasteiger partial charge on any atom is -0.391 e. The molecule has 0 unspecified atom stereocenters. The number of aliphatic hydroxyl groups is 1. The number of nitrogens with zero attached hydrogens (tertiary/aromatic N) is 1. The van der Waals surface area contributed by atoms with Crippen LogP contribution in [-0.2, 0) is 6.61 Å². The van der Waals surface area contributed by atoms with E-state index >= 15 is 0 Å². The summed E-state index contributed by atoms with van der Waals surface area (Å²) in [5.74, 6) is 1.15. The normalized spacial score (nSPS) is 16.9. The lowest BCUT2D eigenvalue weighted by Crippen LogP contribution is -1.93. The Balaban J connectivity index is 2.30. The van der Waals surface area contributed by atoms with Crippen LogP contribution in [0.3, 0.4) is 0 Å². The van der Waals surface area contributed by atoms with E-state index in [9.17, 15) is 0 Å². The molecule has 0 saturated heterocycles. The molecule has 13 heavy (non-hydrogen) atoms. The van der Waals surface area contributed by atoms with Crippen molar-refractivity contribution in [3.63, 3.8) is 0 Å². The third-order valence-corrected chi connectivity index (χ3v) is 3.58. The number of thiazole rings is 1. The van der Waals surface area contributed by atoms with Crippen molar-refractivity contribution in [1.29, 1.82) is 0 Å². The van der Waals surface area contributed by atoms with Crippen LogP contribution in [0, 0.1) is 0 Å². The monoisotopic (exact) mass is 197 g/mol. The van der Waals surface area contributed by atoms with E-state index in [0.29, 0.717) is 11.8 Å². The highest BCUT2D eigenvalue weighted by atomic mass is 32.1. The molecule has 1 aliphatic carbocycles. The molecule has 3 heteroatoms. The minimum atomic E-state index is 0.151. The zero-order valence-electron chi connectivity index (χ0n) is 8.08. The van der Waals surface area contributed by atoms with Gasteiger partial charge in [0, 0.05) is 5.92 Å². The van der Waals surface area contributed by atoms with Crippen molar-refractivity contribution in [2.45, 2.75) is 45.1 Å². The lowest BCUT2D eigenvalue weighted by molar-refractivity contribution is 0.283. The highest BCUT2D eigenvalue weighted by molar-refractivity contribution is 7.11. The molecule has 0 atom stereocenters. The summed E-state index contributed by atoms with van der Waals surface area (Å²) in [6.45, 7) is 4.41. The average Bonchev–Trinajstić information content (AvgIpc) is 2.84. The van der Waals surface area contributed by atoms with Gasteiger partial charge in [0.15, 0.2) is 0 Å². The molecule has 72 valence electrons. The summed E-state index contributed by atoms with van der Waals surface area (Å²) < 4.78 is 0. The predicted octanol–water partition coefficient (Wildman–Crippen LogP) is 2.64. The second-order valence-electron chi connectivity index (χ2n) is 3.95. The van der Waals surface area contributed by atoms with E-state index in [4.69, 9.17) is 5.11 Å². The third kappa shape index (κ3) is 1.76. The van der Waals surface area contributed by atoms with Crippen molar-refractivity contribution in [1.82, 2.24) is 4.98 Å². The van der Waals surface area contributed by atoms with Gasteiger partial charge in [-0.15, -0.1) is 11.3 Å². The summed E-state index contributed by atoms with van der Waals surface area (Å²) in [6.07, 6.45) is 2.58. The number of hydrogen-bond donors (Lipinski definition) is 1. The fourth-order valence-corrected chi connectivity index (χ4v) is 2.70.